The fraction of sp³-hybridized carbons (Fsp3) is 0.435. The zero-order valence-electron chi connectivity index (χ0n) is 18.7. The van der Waals surface area contributed by atoms with Gasteiger partial charge >= 0.3 is 11.9 Å². The molecule has 0 spiro atoms. The Morgan fingerprint density at radius 1 is 1.03 bits per heavy atom. The van der Waals surface area contributed by atoms with E-state index < -0.39 is 17.9 Å². The number of hydrogen-bond acceptors (Lipinski definition) is 9. The lowest BCUT2D eigenvalue weighted by Crippen LogP contribution is -2.27. The van der Waals surface area contributed by atoms with Crippen molar-refractivity contribution >= 4 is 11.9 Å². The summed E-state index contributed by atoms with van der Waals surface area (Å²) in [5.74, 6) is -1.49. The predicted molar refractivity (Wildman–Crippen MR) is 114 cm³/mol. The predicted octanol–water partition coefficient (Wildman–Crippen LogP) is 3.06. The highest BCUT2D eigenvalue weighted by Crippen LogP contribution is 2.43. The van der Waals surface area contributed by atoms with Crippen LogP contribution in [0.15, 0.2) is 41.0 Å². The maximum Gasteiger partial charge on any atom is 0.338 e. The first-order valence-electron chi connectivity index (χ1n) is 10.4. The van der Waals surface area contributed by atoms with Gasteiger partial charge in [-0.3, -0.25) is 4.79 Å². The van der Waals surface area contributed by atoms with Crippen molar-refractivity contribution in [1.29, 1.82) is 5.26 Å². The number of nitriles is 1. The summed E-state index contributed by atoms with van der Waals surface area (Å²) >= 11 is 0. The maximum atomic E-state index is 12.9. The highest BCUT2D eigenvalue weighted by atomic mass is 16.5. The van der Waals surface area contributed by atoms with Crippen LogP contribution in [0.25, 0.3) is 0 Å². The van der Waals surface area contributed by atoms with Crippen LogP contribution in [0.4, 0.5) is 0 Å². The third-order valence-electron chi connectivity index (χ3n) is 4.50. The fourth-order valence-electron chi connectivity index (χ4n) is 3.31. The van der Waals surface area contributed by atoms with E-state index in [1.54, 1.807) is 32.0 Å². The molecular weight excluding hydrogens is 416 g/mol. The van der Waals surface area contributed by atoms with Crippen LogP contribution in [0.1, 0.15) is 45.6 Å². The molecule has 1 aliphatic rings. The van der Waals surface area contributed by atoms with Crippen molar-refractivity contribution in [2.24, 2.45) is 5.73 Å². The number of carbonyl (C=O) groups excluding carboxylic acids is 2. The quantitative estimate of drug-likeness (QED) is 0.541. The van der Waals surface area contributed by atoms with Gasteiger partial charge in [-0.1, -0.05) is 6.07 Å². The minimum Gasteiger partial charge on any atom is -0.490 e. The van der Waals surface area contributed by atoms with Crippen molar-refractivity contribution in [3.8, 4) is 17.6 Å². The van der Waals surface area contributed by atoms with Crippen LogP contribution in [0.5, 0.6) is 11.5 Å². The normalized spacial score (nSPS) is 15.5. The first kappa shape index (κ1) is 24.6. The minimum absolute atomic E-state index is 0.0114. The smallest absolute Gasteiger partial charge is 0.338 e. The second-order valence-electron chi connectivity index (χ2n) is 6.54. The monoisotopic (exact) mass is 444 g/mol. The SMILES string of the molecule is CCOC(=O)CC1=C(C(=O)OCC)[C@H](c2ccc(OCC)c(OCC)c2)C(C#N)=C(N)O1. The van der Waals surface area contributed by atoms with Crippen LogP contribution in [-0.4, -0.2) is 38.4 Å². The average Bonchev–Trinajstić information content (AvgIpc) is 2.75. The van der Waals surface area contributed by atoms with Gasteiger partial charge in [0.15, 0.2) is 11.5 Å². The Morgan fingerprint density at radius 3 is 2.28 bits per heavy atom. The molecule has 0 saturated carbocycles. The van der Waals surface area contributed by atoms with Gasteiger partial charge in [-0.15, -0.1) is 0 Å². The molecule has 0 aliphatic carbocycles. The minimum atomic E-state index is -0.924. The molecule has 1 aliphatic heterocycles. The molecule has 1 aromatic carbocycles. The summed E-state index contributed by atoms with van der Waals surface area (Å²) in [4.78, 5) is 25.1. The summed E-state index contributed by atoms with van der Waals surface area (Å²) in [7, 11) is 0. The number of hydrogen-bond donors (Lipinski definition) is 1. The number of rotatable bonds is 10. The highest BCUT2D eigenvalue weighted by Gasteiger charge is 2.38. The molecule has 172 valence electrons. The molecule has 0 radical (unpaired) electrons. The van der Waals surface area contributed by atoms with Gasteiger partial charge in [0.05, 0.1) is 37.9 Å². The zero-order valence-corrected chi connectivity index (χ0v) is 18.7. The van der Waals surface area contributed by atoms with Crippen molar-refractivity contribution in [3.63, 3.8) is 0 Å². The summed E-state index contributed by atoms with van der Waals surface area (Å²) in [6.07, 6.45) is -0.340. The first-order valence-corrected chi connectivity index (χ1v) is 10.4. The summed E-state index contributed by atoms with van der Waals surface area (Å²) in [5, 5.41) is 9.80. The van der Waals surface area contributed by atoms with Crippen molar-refractivity contribution < 1.29 is 33.3 Å². The number of nitrogens with two attached hydrogens (primary N) is 1. The lowest BCUT2D eigenvalue weighted by molar-refractivity contribution is -0.143. The van der Waals surface area contributed by atoms with E-state index in [0.717, 1.165) is 0 Å². The number of esters is 2. The molecule has 2 rings (SSSR count). The molecule has 0 aromatic heterocycles. The topological polar surface area (TPSA) is 130 Å². The second-order valence-corrected chi connectivity index (χ2v) is 6.54. The van der Waals surface area contributed by atoms with Crippen LogP contribution in [0.3, 0.4) is 0 Å². The molecule has 0 bridgehead atoms. The Bertz CT molecular complexity index is 960. The maximum absolute atomic E-state index is 12.9. The molecule has 1 aromatic rings. The number of ether oxygens (including phenoxy) is 5. The van der Waals surface area contributed by atoms with E-state index in [1.807, 2.05) is 19.9 Å². The molecule has 9 heteroatoms. The van der Waals surface area contributed by atoms with Gasteiger partial charge in [-0.2, -0.15) is 5.26 Å². The van der Waals surface area contributed by atoms with Gasteiger partial charge in [0.1, 0.15) is 23.8 Å². The molecule has 1 atom stereocenters. The molecule has 1 heterocycles. The largest absolute Gasteiger partial charge is 0.490 e. The van der Waals surface area contributed by atoms with Crippen molar-refractivity contribution in [2.45, 2.75) is 40.0 Å². The van der Waals surface area contributed by atoms with Crippen LogP contribution in [0.2, 0.25) is 0 Å². The molecule has 0 unspecified atom stereocenters. The summed E-state index contributed by atoms with van der Waals surface area (Å²) in [5.41, 5.74) is 6.57. The van der Waals surface area contributed by atoms with Gasteiger partial charge in [0, 0.05) is 0 Å². The Morgan fingerprint density at radius 2 is 1.69 bits per heavy atom. The third-order valence-corrected chi connectivity index (χ3v) is 4.50. The Hall–Kier alpha value is -3.67. The number of allylic oxidation sites excluding steroid dienone is 1. The number of carbonyl (C=O) groups is 2. The summed E-state index contributed by atoms with van der Waals surface area (Å²) in [6.45, 7) is 8.08. The lowest BCUT2D eigenvalue weighted by atomic mass is 9.82. The van der Waals surface area contributed by atoms with Crippen LogP contribution in [0, 0.1) is 11.3 Å². The van der Waals surface area contributed by atoms with E-state index in [0.29, 0.717) is 30.3 Å². The van der Waals surface area contributed by atoms with Crippen LogP contribution >= 0.6 is 0 Å². The summed E-state index contributed by atoms with van der Waals surface area (Å²) < 4.78 is 27.0. The first-order chi connectivity index (χ1) is 15.4. The van der Waals surface area contributed by atoms with E-state index in [1.165, 1.54) is 0 Å². The zero-order chi connectivity index (χ0) is 23.7. The van der Waals surface area contributed by atoms with Gasteiger partial charge in [-0.25, -0.2) is 4.79 Å². The molecule has 32 heavy (non-hydrogen) atoms. The molecule has 2 N–H and O–H groups in total. The molecular formula is C23H28N2O7. The second kappa shape index (κ2) is 11.6. The molecule has 0 fully saturated rings. The standard InChI is InChI=1S/C23H28N2O7/c1-5-28-16-10-9-14(11-17(16)29-6-2)20-15(13-24)22(25)32-18(12-19(26)30-7-3)21(20)23(27)31-8-4/h9-11,20H,5-8,12,25H2,1-4H3/t20-/m1/s1. The van der Waals surface area contributed by atoms with E-state index in [4.69, 9.17) is 29.4 Å². The van der Waals surface area contributed by atoms with Crippen LogP contribution < -0.4 is 15.2 Å². The van der Waals surface area contributed by atoms with Gasteiger partial charge in [0.2, 0.25) is 5.88 Å². The summed E-state index contributed by atoms with van der Waals surface area (Å²) in [6, 6.07) is 7.09. The number of nitrogens with zero attached hydrogens (tertiary/aromatic N) is 1. The van der Waals surface area contributed by atoms with Crippen LogP contribution in [-0.2, 0) is 23.8 Å². The van der Waals surface area contributed by atoms with Gasteiger partial charge in [-0.05, 0) is 45.4 Å². The fourth-order valence-corrected chi connectivity index (χ4v) is 3.31. The van der Waals surface area contributed by atoms with E-state index >= 15 is 0 Å². The Balaban J connectivity index is 2.69. The van der Waals surface area contributed by atoms with Crippen molar-refractivity contribution in [1.82, 2.24) is 0 Å². The van der Waals surface area contributed by atoms with Gasteiger partial charge < -0.3 is 29.4 Å². The van der Waals surface area contributed by atoms with Crippen molar-refractivity contribution in [3.05, 3.63) is 46.6 Å². The third kappa shape index (κ3) is 5.52. The lowest BCUT2D eigenvalue weighted by Gasteiger charge is -2.28. The van der Waals surface area contributed by atoms with E-state index in [9.17, 15) is 14.9 Å². The molecule has 9 nitrogen and oxygen atoms in total. The Kier molecular flexibility index (Phi) is 8.95. The van der Waals surface area contributed by atoms with E-state index in [-0.39, 0.29) is 42.4 Å². The molecule has 0 saturated heterocycles. The van der Waals surface area contributed by atoms with E-state index in [2.05, 4.69) is 0 Å². The Labute approximate surface area is 187 Å². The average molecular weight is 444 g/mol. The van der Waals surface area contributed by atoms with Crippen molar-refractivity contribution in [2.75, 3.05) is 26.4 Å². The number of benzene rings is 1. The van der Waals surface area contributed by atoms with Gasteiger partial charge in [0.25, 0.3) is 0 Å². The molecule has 0 amide bonds. The highest BCUT2D eigenvalue weighted by molar-refractivity contribution is 5.93.